The summed E-state index contributed by atoms with van der Waals surface area (Å²) < 4.78 is 6.65. The van der Waals surface area contributed by atoms with Crippen LogP contribution in [0.15, 0.2) is 54.2 Å². The lowest BCUT2D eigenvalue weighted by Gasteiger charge is -2.08. The number of hydrogen-bond acceptors (Lipinski definition) is 8. The van der Waals surface area contributed by atoms with Crippen LogP contribution < -0.4 is 10.2 Å². The second kappa shape index (κ2) is 8.49. The third kappa shape index (κ3) is 4.52. The maximum Gasteiger partial charge on any atom is 0.490 e. The number of nitrogens with one attached hydrogen (secondary N) is 1. The number of ether oxygens (including phenoxy) is 1. The molecule has 0 spiro atoms. The summed E-state index contributed by atoms with van der Waals surface area (Å²) in [6.07, 6.45) is 5.78. The molecule has 0 atom stereocenters. The van der Waals surface area contributed by atoms with Gasteiger partial charge in [-0.3, -0.25) is 9.78 Å². The normalized spacial score (nSPS) is 10.8. The molecule has 1 N–H and O–H groups in total. The van der Waals surface area contributed by atoms with Crippen LogP contribution in [0.2, 0.25) is 0 Å². The highest BCUT2D eigenvalue weighted by molar-refractivity contribution is 5.94. The molecule has 0 radical (unpaired) electrons. The molecule has 28 heavy (non-hydrogen) atoms. The van der Waals surface area contributed by atoms with Gasteiger partial charge in [-0.25, -0.2) is 5.43 Å². The number of hydrogen-bond donors (Lipinski definition) is 1. The van der Waals surface area contributed by atoms with E-state index in [1.54, 1.807) is 30.3 Å². The molecule has 0 aliphatic rings. The lowest BCUT2D eigenvalue weighted by Crippen LogP contribution is -2.17. The van der Waals surface area contributed by atoms with Gasteiger partial charge in [-0.1, -0.05) is 4.98 Å². The minimum absolute atomic E-state index is 0.217. The van der Waals surface area contributed by atoms with Crippen LogP contribution in [-0.4, -0.2) is 43.9 Å². The van der Waals surface area contributed by atoms with Crippen LogP contribution in [-0.2, 0) is 6.54 Å². The highest BCUT2D eigenvalue weighted by Gasteiger charge is 2.15. The zero-order valence-electron chi connectivity index (χ0n) is 14.7. The summed E-state index contributed by atoms with van der Waals surface area (Å²) in [4.78, 5) is 29.5. The van der Waals surface area contributed by atoms with Gasteiger partial charge in [0.2, 0.25) is 6.33 Å². The summed E-state index contributed by atoms with van der Waals surface area (Å²) in [7, 11) is 1.52. The van der Waals surface area contributed by atoms with Gasteiger partial charge in [-0.05, 0) is 40.8 Å². The number of methoxy groups -OCH3 is 1. The summed E-state index contributed by atoms with van der Waals surface area (Å²) in [6.45, 7) is 0.217. The van der Waals surface area contributed by atoms with E-state index in [0.29, 0.717) is 22.4 Å². The molecule has 3 rings (SSSR count). The number of nitrogens with zero attached hydrogens (tertiary/aromatic N) is 6. The Morgan fingerprint density at radius 1 is 1.36 bits per heavy atom. The molecule has 0 bridgehead atoms. The average Bonchev–Trinajstić information content (AvgIpc) is 3.18. The molecule has 2 heterocycles. The number of aromatic nitrogens is 4. The summed E-state index contributed by atoms with van der Waals surface area (Å²) in [5, 5.41) is 18.4. The van der Waals surface area contributed by atoms with Crippen molar-refractivity contribution in [2.45, 2.75) is 6.54 Å². The van der Waals surface area contributed by atoms with E-state index in [2.05, 4.69) is 25.6 Å². The van der Waals surface area contributed by atoms with E-state index < -0.39 is 10.9 Å². The van der Waals surface area contributed by atoms with Crippen LogP contribution in [0.4, 0.5) is 5.95 Å². The number of amides is 1. The third-order valence-electron chi connectivity index (χ3n) is 3.65. The quantitative estimate of drug-likeness (QED) is 0.371. The second-order valence-corrected chi connectivity index (χ2v) is 5.51. The van der Waals surface area contributed by atoms with Gasteiger partial charge in [-0.2, -0.15) is 9.78 Å². The van der Waals surface area contributed by atoms with E-state index in [4.69, 9.17) is 4.74 Å². The second-order valence-electron chi connectivity index (χ2n) is 5.51. The fraction of sp³-hybridized carbons (Fsp3) is 0.118. The van der Waals surface area contributed by atoms with Gasteiger partial charge in [0.05, 0.1) is 19.9 Å². The molecule has 0 aliphatic carbocycles. The van der Waals surface area contributed by atoms with Crippen LogP contribution in [0.25, 0.3) is 0 Å². The Bertz CT molecular complexity index is 1020. The first-order valence-electron chi connectivity index (χ1n) is 8.01. The van der Waals surface area contributed by atoms with Gasteiger partial charge in [0.25, 0.3) is 5.91 Å². The van der Waals surface area contributed by atoms with Crippen molar-refractivity contribution in [3.8, 4) is 5.75 Å². The van der Waals surface area contributed by atoms with E-state index in [9.17, 15) is 14.9 Å². The predicted molar refractivity (Wildman–Crippen MR) is 98.1 cm³/mol. The average molecular weight is 381 g/mol. The molecule has 0 saturated carbocycles. The maximum atomic E-state index is 12.0. The monoisotopic (exact) mass is 381 g/mol. The molecule has 0 unspecified atom stereocenters. The number of carbonyl (C=O) groups is 1. The van der Waals surface area contributed by atoms with Crippen molar-refractivity contribution in [1.82, 2.24) is 25.2 Å². The van der Waals surface area contributed by atoms with Gasteiger partial charge in [0.15, 0.2) is 0 Å². The fourth-order valence-electron chi connectivity index (χ4n) is 2.35. The van der Waals surface area contributed by atoms with E-state index in [1.807, 2.05) is 0 Å². The number of rotatable bonds is 7. The van der Waals surface area contributed by atoms with Crippen LogP contribution >= 0.6 is 0 Å². The SMILES string of the molecule is COc1ccc(/C=N/NC(=O)c2ccncc2)cc1Cn1cnc([N+](=O)[O-])n1. The van der Waals surface area contributed by atoms with Crippen molar-refractivity contribution in [2.75, 3.05) is 7.11 Å². The molecular weight excluding hydrogens is 366 g/mol. The van der Waals surface area contributed by atoms with Crippen molar-refractivity contribution >= 4 is 18.1 Å². The van der Waals surface area contributed by atoms with E-state index in [1.165, 1.54) is 36.7 Å². The summed E-state index contributed by atoms with van der Waals surface area (Å²) in [5.74, 6) is -0.256. The van der Waals surface area contributed by atoms with Crippen molar-refractivity contribution < 1.29 is 14.5 Å². The molecule has 3 aromatic rings. The number of hydrazone groups is 1. The standard InChI is InChI=1S/C17H15N7O4/c1-28-15-3-2-12(9-20-21-16(25)13-4-6-18-7-5-13)8-14(15)10-23-11-19-17(22-23)24(26)27/h2-9,11H,10H2,1H3,(H,21,25)/b20-9+. The Kier molecular flexibility index (Phi) is 5.65. The summed E-state index contributed by atoms with van der Waals surface area (Å²) in [5.41, 5.74) is 4.28. The lowest BCUT2D eigenvalue weighted by atomic mass is 10.1. The largest absolute Gasteiger partial charge is 0.496 e. The number of pyridine rings is 1. The van der Waals surface area contributed by atoms with Crippen molar-refractivity contribution in [3.63, 3.8) is 0 Å². The predicted octanol–water partition coefficient (Wildman–Crippen LogP) is 1.40. The first kappa shape index (κ1) is 18.6. The van der Waals surface area contributed by atoms with Gasteiger partial charge in [0, 0.05) is 28.6 Å². The van der Waals surface area contributed by atoms with Crippen molar-refractivity contribution in [2.24, 2.45) is 5.10 Å². The Morgan fingerprint density at radius 3 is 2.82 bits per heavy atom. The molecule has 142 valence electrons. The van der Waals surface area contributed by atoms with Crippen LogP contribution in [0.5, 0.6) is 5.75 Å². The lowest BCUT2D eigenvalue weighted by molar-refractivity contribution is -0.394. The number of benzene rings is 1. The third-order valence-corrected chi connectivity index (χ3v) is 3.65. The van der Waals surface area contributed by atoms with Crippen molar-refractivity contribution in [1.29, 1.82) is 0 Å². The molecular formula is C17H15N7O4. The smallest absolute Gasteiger partial charge is 0.490 e. The van der Waals surface area contributed by atoms with Gasteiger partial charge >= 0.3 is 5.95 Å². The zero-order valence-corrected chi connectivity index (χ0v) is 14.7. The van der Waals surface area contributed by atoms with E-state index in [0.717, 1.165) is 0 Å². The first-order chi connectivity index (χ1) is 13.6. The van der Waals surface area contributed by atoms with E-state index in [-0.39, 0.29) is 12.5 Å². The van der Waals surface area contributed by atoms with Crippen LogP contribution in [0, 0.1) is 10.1 Å². The molecule has 0 fully saturated rings. The van der Waals surface area contributed by atoms with Gasteiger partial charge < -0.3 is 14.9 Å². The molecule has 0 saturated heterocycles. The summed E-state index contributed by atoms with van der Waals surface area (Å²) >= 11 is 0. The molecule has 11 heteroatoms. The van der Waals surface area contributed by atoms with E-state index >= 15 is 0 Å². The molecule has 1 amide bonds. The minimum Gasteiger partial charge on any atom is -0.496 e. The summed E-state index contributed by atoms with van der Waals surface area (Å²) in [6, 6.07) is 8.41. The zero-order chi connectivity index (χ0) is 19.9. The van der Waals surface area contributed by atoms with Crippen LogP contribution in [0.1, 0.15) is 21.5 Å². The van der Waals surface area contributed by atoms with Gasteiger partial charge in [-0.15, -0.1) is 0 Å². The highest BCUT2D eigenvalue weighted by atomic mass is 16.6. The fourth-order valence-corrected chi connectivity index (χ4v) is 2.35. The molecule has 0 aliphatic heterocycles. The molecule has 1 aromatic carbocycles. The molecule has 11 nitrogen and oxygen atoms in total. The Hall–Kier alpha value is -4.15. The maximum absolute atomic E-state index is 12.0. The Labute approximate surface area is 158 Å². The van der Waals surface area contributed by atoms with Gasteiger partial charge in [0.1, 0.15) is 5.75 Å². The van der Waals surface area contributed by atoms with Crippen molar-refractivity contribution in [3.05, 3.63) is 75.9 Å². The Balaban J connectivity index is 1.72. The highest BCUT2D eigenvalue weighted by Crippen LogP contribution is 2.20. The Morgan fingerprint density at radius 2 is 2.14 bits per heavy atom. The van der Waals surface area contributed by atoms with Crippen LogP contribution in [0.3, 0.4) is 0 Å². The topological polar surface area (TPSA) is 137 Å². The number of carbonyl (C=O) groups excluding carboxylic acids is 1. The first-order valence-corrected chi connectivity index (χ1v) is 8.01. The minimum atomic E-state index is -0.664. The molecule has 2 aromatic heterocycles. The number of nitro groups is 1.